The van der Waals surface area contributed by atoms with Gasteiger partial charge in [-0.15, -0.1) is 0 Å². The number of aromatic nitrogens is 3. The van der Waals surface area contributed by atoms with E-state index in [0.29, 0.717) is 35.0 Å². The zero-order chi connectivity index (χ0) is 36.0. The third kappa shape index (κ3) is 8.78. The predicted octanol–water partition coefficient (Wildman–Crippen LogP) is 6.71. The van der Waals surface area contributed by atoms with Crippen molar-refractivity contribution < 1.29 is 33.3 Å². The number of aromatic amines is 2. The maximum atomic E-state index is 14.6. The van der Waals surface area contributed by atoms with Crippen LogP contribution < -0.4 is 14.8 Å². The van der Waals surface area contributed by atoms with Crippen LogP contribution in [0.25, 0.3) is 10.9 Å². The lowest BCUT2D eigenvalue weighted by Crippen LogP contribution is -2.45. The number of hydrogen-bond donors (Lipinski definition) is 3. The number of esters is 2. The number of carbonyl (C=O) groups is 3. The van der Waals surface area contributed by atoms with E-state index in [1.54, 1.807) is 39.0 Å². The molecule has 0 bridgehead atoms. The van der Waals surface area contributed by atoms with Gasteiger partial charge in [0.1, 0.15) is 29.8 Å². The van der Waals surface area contributed by atoms with Crippen molar-refractivity contribution in [1.29, 1.82) is 0 Å². The Labute approximate surface area is 297 Å². The molecule has 0 fully saturated rings. The Morgan fingerprint density at radius 3 is 2.51 bits per heavy atom. The molecule has 11 heteroatoms. The van der Waals surface area contributed by atoms with Crippen molar-refractivity contribution in [2.75, 3.05) is 6.79 Å². The summed E-state index contributed by atoms with van der Waals surface area (Å²) in [5.41, 5.74) is 3.06. The molecule has 11 nitrogen and oxygen atoms in total. The number of fused-ring (bicyclic) bond motifs is 2. The minimum absolute atomic E-state index is 0.0432. The Morgan fingerprint density at radius 2 is 1.73 bits per heavy atom. The van der Waals surface area contributed by atoms with Crippen LogP contribution in [0, 0.1) is 0 Å². The van der Waals surface area contributed by atoms with Crippen molar-refractivity contribution in [1.82, 2.24) is 20.3 Å². The SMILES string of the molecule is CCCCc1nc(CC(C(=O)N[C@@H](Cc2c[nH]c3ccccc23)C(=O)OCc2ccccc2)c2ccc3c(c2)OCO3)c(C(=O)OC(C)(C)C)[nH]1. The standard InChI is InChI=1S/C40H44N4O7/c1-5-6-16-35-42-31(36(44-35)39(47)51-40(2,3)4)21-29(26-17-18-33-34(20-26)50-24-49-33)37(45)43-32(38(46)48-23-25-12-8-7-9-13-25)19-27-22-41-30-15-11-10-14-28(27)30/h7-15,17-18,20,22,29,32,41H,5-6,16,19,21,23-24H2,1-4H3,(H,42,44)(H,43,45)/t29?,32-/m0/s1. The van der Waals surface area contributed by atoms with Gasteiger partial charge in [-0.3, -0.25) is 4.79 Å². The first kappa shape index (κ1) is 35.3. The number of unbranched alkanes of at least 4 members (excludes halogenated alkanes) is 1. The highest BCUT2D eigenvalue weighted by Crippen LogP contribution is 2.36. The summed E-state index contributed by atoms with van der Waals surface area (Å²) in [5.74, 6) is -0.743. The summed E-state index contributed by atoms with van der Waals surface area (Å²) in [5, 5.41) is 3.96. The van der Waals surface area contributed by atoms with Crippen LogP contribution in [0.5, 0.6) is 11.5 Å². The number of nitrogens with zero attached hydrogens (tertiary/aromatic N) is 1. The average Bonchev–Trinajstić information content (AvgIpc) is 3.86. The van der Waals surface area contributed by atoms with Crippen LogP contribution in [0.4, 0.5) is 0 Å². The molecule has 0 aliphatic carbocycles. The van der Waals surface area contributed by atoms with Crippen LogP contribution >= 0.6 is 0 Å². The van der Waals surface area contributed by atoms with Crippen molar-refractivity contribution in [3.8, 4) is 11.5 Å². The summed E-state index contributed by atoms with van der Waals surface area (Å²) in [6.45, 7) is 7.60. The smallest absolute Gasteiger partial charge is 0.357 e. The molecule has 1 amide bonds. The van der Waals surface area contributed by atoms with Crippen molar-refractivity contribution in [3.63, 3.8) is 0 Å². The van der Waals surface area contributed by atoms with Gasteiger partial charge in [0.15, 0.2) is 11.5 Å². The summed E-state index contributed by atoms with van der Waals surface area (Å²) in [6.07, 6.45) is 4.52. The molecule has 0 spiro atoms. The number of para-hydroxylation sites is 1. The van der Waals surface area contributed by atoms with Crippen molar-refractivity contribution >= 4 is 28.7 Å². The minimum atomic E-state index is -1.03. The first-order valence-electron chi connectivity index (χ1n) is 17.3. The van der Waals surface area contributed by atoms with E-state index >= 15 is 0 Å². The van der Waals surface area contributed by atoms with Gasteiger partial charge in [-0.1, -0.05) is 67.9 Å². The van der Waals surface area contributed by atoms with Crippen LogP contribution in [0.3, 0.4) is 0 Å². The molecule has 6 rings (SSSR count). The van der Waals surface area contributed by atoms with Gasteiger partial charge < -0.3 is 34.2 Å². The highest BCUT2D eigenvalue weighted by Gasteiger charge is 2.33. The molecule has 2 aromatic heterocycles. The Balaban J connectivity index is 1.34. The first-order chi connectivity index (χ1) is 24.6. The molecule has 51 heavy (non-hydrogen) atoms. The Kier molecular flexibility index (Phi) is 10.7. The van der Waals surface area contributed by atoms with Gasteiger partial charge >= 0.3 is 11.9 Å². The number of carbonyl (C=O) groups excluding carboxylic acids is 3. The van der Waals surface area contributed by atoms with Gasteiger partial charge in [-0.2, -0.15) is 0 Å². The fourth-order valence-corrected chi connectivity index (χ4v) is 6.07. The summed E-state index contributed by atoms with van der Waals surface area (Å²) in [4.78, 5) is 53.1. The lowest BCUT2D eigenvalue weighted by atomic mass is 9.91. The largest absolute Gasteiger partial charge is 0.459 e. The maximum absolute atomic E-state index is 14.6. The van der Waals surface area contributed by atoms with E-state index < -0.39 is 35.4 Å². The minimum Gasteiger partial charge on any atom is -0.459 e. The topological polar surface area (TPSA) is 145 Å². The number of hydrogen-bond acceptors (Lipinski definition) is 8. The number of rotatable bonds is 14. The molecule has 2 atom stereocenters. The number of amides is 1. The van der Waals surface area contributed by atoms with Gasteiger partial charge in [-0.05, 0) is 62.1 Å². The molecule has 0 saturated heterocycles. The second-order valence-electron chi connectivity index (χ2n) is 13.7. The molecule has 3 aromatic carbocycles. The Bertz CT molecular complexity index is 1990. The number of nitrogens with one attached hydrogen (secondary N) is 3. The van der Waals surface area contributed by atoms with E-state index in [1.807, 2.05) is 60.8 Å². The molecule has 1 aliphatic rings. The van der Waals surface area contributed by atoms with Crippen LogP contribution in [-0.4, -0.2) is 51.2 Å². The molecular weight excluding hydrogens is 648 g/mol. The highest BCUT2D eigenvalue weighted by molar-refractivity contribution is 5.92. The second-order valence-corrected chi connectivity index (χ2v) is 13.7. The van der Waals surface area contributed by atoms with Crippen molar-refractivity contribution in [3.05, 3.63) is 113 Å². The van der Waals surface area contributed by atoms with Crippen molar-refractivity contribution in [2.45, 2.75) is 84.0 Å². The Hall–Kier alpha value is -5.58. The zero-order valence-corrected chi connectivity index (χ0v) is 29.4. The second kappa shape index (κ2) is 15.5. The van der Waals surface area contributed by atoms with Crippen LogP contribution in [0.2, 0.25) is 0 Å². The lowest BCUT2D eigenvalue weighted by molar-refractivity contribution is -0.149. The summed E-state index contributed by atoms with van der Waals surface area (Å²) in [7, 11) is 0. The summed E-state index contributed by atoms with van der Waals surface area (Å²) >= 11 is 0. The fourth-order valence-electron chi connectivity index (χ4n) is 6.07. The molecule has 266 valence electrons. The maximum Gasteiger partial charge on any atom is 0.357 e. The summed E-state index contributed by atoms with van der Waals surface area (Å²) in [6, 6.07) is 21.4. The molecule has 5 aromatic rings. The van der Waals surface area contributed by atoms with Gasteiger partial charge in [0.05, 0.1) is 11.6 Å². The van der Waals surface area contributed by atoms with E-state index in [2.05, 4.69) is 22.2 Å². The molecule has 3 N–H and O–H groups in total. The number of H-pyrrole nitrogens is 2. The summed E-state index contributed by atoms with van der Waals surface area (Å²) < 4.78 is 22.7. The normalized spacial score (nSPS) is 13.5. The molecule has 0 saturated carbocycles. The number of ether oxygens (including phenoxy) is 4. The van der Waals surface area contributed by atoms with E-state index in [4.69, 9.17) is 23.9 Å². The molecule has 1 unspecified atom stereocenters. The highest BCUT2D eigenvalue weighted by atomic mass is 16.7. The quantitative estimate of drug-likeness (QED) is 0.109. The average molecular weight is 693 g/mol. The number of aryl methyl sites for hydroxylation is 1. The van der Waals surface area contributed by atoms with Crippen molar-refractivity contribution in [2.24, 2.45) is 0 Å². The number of benzene rings is 3. The third-order valence-electron chi connectivity index (χ3n) is 8.63. The van der Waals surface area contributed by atoms with E-state index in [0.717, 1.165) is 34.9 Å². The third-order valence-corrected chi connectivity index (χ3v) is 8.63. The first-order valence-corrected chi connectivity index (χ1v) is 17.3. The van der Waals surface area contributed by atoms with Gasteiger partial charge in [0, 0.05) is 36.4 Å². The van der Waals surface area contributed by atoms with Gasteiger partial charge in [0.2, 0.25) is 12.7 Å². The fraction of sp³-hybridized carbons (Fsp3) is 0.350. The predicted molar refractivity (Wildman–Crippen MR) is 192 cm³/mol. The Morgan fingerprint density at radius 1 is 0.961 bits per heavy atom. The van der Waals surface area contributed by atoms with E-state index in [9.17, 15) is 14.4 Å². The van der Waals surface area contributed by atoms with Gasteiger partial charge in [0.25, 0.3) is 0 Å². The van der Waals surface area contributed by atoms with Crippen LogP contribution in [0.1, 0.15) is 85.2 Å². The lowest BCUT2D eigenvalue weighted by Gasteiger charge is -2.23. The molecule has 1 aliphatic heterocycles. The van der Waals surface area contributed by atoms with Crippen LogP contribution in [-0.2, 0) is 44.9 Å². The number of imidazole rings is 1. The molecular formula is C40H44N4O7. The van der Waals surface area contributed by atoms with E-state index in [-0.39, 0.29) is 31.9 Å². The molecule has 0 radical (unpaired) electrons. The zero-order valence-electron chi connectivity index (χ0n) is 29.4. The monoisotopic (exact) mass is 692 g/mol. The molecule has 3 heterocycles. The van der Waals surface area contributed by atoms with Gasteiger partial charge in [-0.25, -0.2) is 14.6 Å². The van der Waals surface area contributed by atoms with Crippen LogP contribution in [0.15, 0.2) is 79.0 Å². The van der Waals surface area contributed by atoms with E-state index in [1.165, 1.54) is 0 Å².